The van der Waals surface area contributed by atoms with E-state index in [1.165, 1.54) is 12.0 Å². The smallest absolute Gasteiger partial charge is 0.161 e. The summed E-state index contributed by atoms with van der Waals surface area (Å²) in [6.45, 7) is 8.87. The topological polar surface area (TPSA) is 47.7 Å². The first kappa shape index (κ1) is 17.8. The second-order valence-corrected chi connectivity index (χ2v) is 7.19. The van der Waals surface area contributed by atoms with Crippen LogP contribution in [0, 0.1) is 12.8 Å². The largest absolute Gasteiger partial charge is 0.493 e. The van der Waals surface area contributed by atoms with Gasteiger partial charge in [0.25, 0.3) is 0 Å². The summed E-state index contributed by atoms with van der Waals surface area (Å²) in [5, 5.41) is 4.04. The number of methoxy groups -OCH3 is 1. The molecule has 0 unspecified atom stereocenters. The van der Waals surface area contributed by atoms with Gasteiger partial charge in [-0.3, -0.25) is 4.90 Å². The molecule has 2 aromatic rings. The van der Waals surface area contributed by atoms with E-state index in [2.05, 4.69) is 36.0 Å². The van der Waals surface area contributed by atoms with E-state index in [0.29, 0.717) is 18.6 Å². The first-order valence-electron chi connectivity index (χ1n) is 9.03. The molecular formula is C20H28N2O3. The third kappa shape index (κ3) is 4.34. The first-order valence-corrected chi connectivity index (χ1v) is 9.03. The lowest BCUT2D eigenvalue weighted by Gasteiger charge is -2.23. The molecule has 5 nitrogen and oxygen atoms in total. The van der Waals surface area contributed by atoms with Gasteiger partial charge in [0.2, 0.25) is 0 Å². The number of rotatable bonds is 7. The lowest BCUT2D eigenvalue weighted by Crippen LogP contribution is -2.22. The number of ether oxygens (including phenoxy) is 2. The van der Waals surface area contributed by atoms with Gasteiger partial charge in [0, 0.05) is 12.6 Å². The summed E-state index contributed by atoms with van der Waals surface area (Å²) < 4.78 is 16.9. The monoisotopic (exact) mass is 344 g/mol. The van der Waals surface area contributed by atoms with Gasteiger partial charge in [0.15, 0.2) is 17.3 Å². The van der Waals surface area contributed by atoms with E-state index in [9.17, 15) is 0 Å². The Kier molecular flexibility index (Phi) is 5.63. The standard InChI is InChI=1S/C20H28N2O3/c1-14(2)13-24-18-8-7-16(11-20(18)23-4)12-22-9-5-6-17(22)19-10-15(3)21-25-19/h7-8,10-11,14,17H,5-6,9,12-13H2,1-4H3/t17-/m0/s1. The Morgan fingerprint density at radius 3 is 2.80 bits per heavy atom. The minimum Gasteiger partial charge on any atom is -0.493 e. The fourth-order valence-electron chi connectivity index (χ4n) is 3.30. The molecule has 1 aliphatic heterocycles. The molecule has 3 rings (SSSR count). The summed E-state index contributed by atoms with van der Waals surface area (Å²) >= 11 is 0. The lowest BCUT2D eigenvalue weighted by molar-refractivity contribution is 0.206. The molecular weight excluding hydrogens is 316 g/mol. The molecule has 1 fully saturated rings. The molecule has 0 aliphatic carbocycles. The Balaban J connectivity index is 1.71. The van der Waals surface area contributed by atoms with Crippen LogP contribution in [0.4, 0.5) is 0 Å². The highest BCUT2D eigenvalue weighted by Crippen LogP contribution is 2.35. The zero-order chi connectivity index (χ0) is 17.8. The van der Waals surface area contributed by atoms with Gasteiger partial charge in [-0.05, 0) is 49.9 Å². The van der Waals surface area contributed by atoms with Crippen molar-refractivity contribution in [3.8, 4) is 11.5 Å². The maximum atomic E-state index is 5.85. The van der Waals surface area contributed by atoms with E-state index in [0.717, 1.165) is 42.5 Å². The highest BCUT2D eigenvalue weighted by molar-refractivity contribution is 5.43. The van der Waals surface area contributed by atoms with Crippen molar-refractivity contribution in [2.75, 3.05) is 20.3 Å². The van der Waals surface area contributed by atoms with Crippen LogP contribution in [-0.2, 0) is 6.54 Å². The number of aryl methyl sites for hydroxylation is 1. The van der Waals surface area contributed by atoms with Gasteiger partial charge in [-0.1, -0.05) is 25.1 Å². The second-order valence-electron chi connectivity index (χ2n) is 7.19. The molecule has 5 heteroatoms. The van der Waals surface area contributed by atoms with Crippen LogP contribution >= 0.6 is 0 Å². The number of nitrogens with zero attached hydrogens (tertiary/aromatic N) is 2. The molecule has 0 saturated carbocycles. The van der Waals surface area contributed by atoms with Crippen molar-refractivity contribution >= 4 is 0 Å². The van der Waals surface area contributed by atoms with E-state index < -0.39 is 0 Å². The normalized spacial score (nSPS) is 18.0. The zero-order valence-corrected chi connectivity index (χ0v) is 15.6. The minimum absolute atomic E-state index is 0.309. The van der Waals surface area contributed by atoms with E-state index in [1.54, 1.807) is 7.11 Å². The van der Waals surface area contributed by atoms with Crippen molar-refractivity contribution in [3.05, 3.63) is 41.3 Å². The Morgan fingerprint density at radius 2 is 2.12 bits per heavy atom. The van der Waals surface area contributed by atoms with Crippen molar-refractivity contribution in [1.29, 1.82) is 0 Å². The molecule has 25 heavy (non-hydrogen) atoms. The minimum atomic E-state index is 0.309. The number of aromatic nitrogens is 1. The third-order valence-corrected chi connectivity index (χ3v) is 4.52. The Labute approximate surface area is 149 Å². The van der Waals surface area contributed by atoms with E-state index in [4.69, 9.17) is 14.0 Å². The zero-order valence-electron chi connectivity index (χ0n) is 15.6. The lowest BCUT2D eigenvalue weighted by atomic mass is 10.1. The van der Waals surface area contributed by atoms with Crippen LogP contribution in [0.2, 0.25) is 0 Å². The molecule has 2 heterocycles. The number of benzene rings is 1. The molecule has 0 amide bonds. The summed E-state index contributed by atoms with van der Waals surface area (Å²) in [4.78, 5) is 2.45. The molecule has 1 aromatic heterocycles. The predicted octanol–water partition coefficient (Wildman–Crippen LogP) is 4.36. The van der Waals surface area contributed by atoms with E-state index in [1.807, 2.05) is 19.1 Å². The van der Waals surface area contributed by atoms with Crippen LogP contribution in [0.5, 0.6) is 11.5 Å². The van der Waals surface area contributed by atoms with Crippen molar-refractivity contribution in [3.63, 3.8) is 0 Å². The van der Waals surface area contributed by atoms with Crippen LogP contribution in [0.3, 0.4) is 0 Å². The average molecular weight is 344 g/mol. The molecule has 136 valence electrons. The Hall–Kier alpha value is -2.01. The van der Waals surface area contributed by atoms with Crippen LogP contribution < -0.4 is 9.47 Å². The van der Waals surface area contributed by atoms with Gasteiger partial charge in [-0.15, -0.1) is 0 Å². The number of hydrogen-bond donors (Lipinski definition) is 0. The van der Waals surface area contributed by atoms with Crippen molar-refractivity contribution in [1.82, 2.24) is 10.1 Å². The van der Waals surface area contributed by atoms with Gasteiger partial charge < -0.3 is 14.0 Å². The van der Waals surface area contributed by atoms with Gasteiger partial charge >= 0.3 is 0 Å². The molecule has 1 saturated heterocycles. The van der Waals surface area contributed by atoms with Crippen molar-refractivity contribution in [2.24, 2.45) is 5.92 Å². The van der Waals surface area contributed by atoms with Crippen LogP contribution in [-0.4, -0.2) is 30.3 Å². The number of likely N-dealkylation sites (tertiary alicyclic amines) is 1. The fourth-order valence-corrected chi connectivity index (χ4v) is 3.30. The van der Waals surface area contributed by atoms with Gasteiger partial charge in [-0.2, -0.15) is 0 Å². The highest BCUT2D eigenvalue weighted by atomic mass is 16.5. The van der Waals surface area contributed by atoms with Crippen molar-refractivity contribution in [2.45, 2.75) is 46.2 Å². The summed E-state index contributed by atoms with van der Waals surface area (Å²) in [5.74, 6) is 3.06. The maximum Gasteiger partial charge on any atom is 0.161 e. The van der Waals surface area contributed by atoms with Gasteiger partial charge in [0.05, 0.1) is 25.5 Å². The second kappa shape index (κ2) is 7.91. The molecule has 0 bridgehead atoms. The third-order valence-electron chi connectivity index (χ3n) is 4.52. The van der Waals surface area contributed by atoms with Gasteiger partial charge in [0.1, 0.15) is 0 Å². The summed E-state index contributed by atoms with van der Waals surface area (Å²) in [7, 11) is 1.69. The van der Waals surface area contributed by atoms with Crippen LogP contribution in [0.1, 0.15) is 49.7 Å². The maximum absolute atomic E-state index is 5.85. The van der Waals surface area contributed by atoms with Gasteiger partial charge in [-0.25, -0.2) is 0 Å². The molecule has 1 aliphatic rings. The molecule has 0 radical (unpaired) electrons. The molecule has 0 spiro atoms. The molecule has 0 N–H and O–H groups in total. The summed E-state index contributed by atoms with van der Waals surface area (Å²) in [6, 6.07) is 8.58. The SMILES string of the molecule is COc1cc(CN2CCC[C@H]2c2cc(C)no2)ccc1OCC(C)C. The quantitative estimate of drug-likeness (QED) is 0.747. The fraction of sp³-hybridized carbons (Fsp3) is 0.550. The molecule has 1 aromatic carbocycles. The Morgan fingerprint density at radius 1 is 1.28 bits per heavy atom. The van der Waals surface area contributed by atoms with Crippen molar-refractivity contribution < 1.29 is 14.0 Å². The average Bonchev–Trinajstić information content (AvgIpc) is 3.22. The first-order chi connectivity index (χ1) is 12.1. The number of hydrogen-bond acceptors (Lipinski definition) is 5. The Bertz CT molecular complexity index is 696. The van der Waals surface area contributed by atoms with E-state index >= 15 is 0 Å². The molecule has 1 atom stereocenters. The summed E-state index contributed by atoms with van der Waals surface area (Å²) in [6.07, 6.45) is 2.29. The highest BCUT2D eigenvalue weighted by Gasteiger charge is 2.29. The predicted molar refractivity (Wildman–Crippen MR) is 97.0 cm³/mol. The summed E-state index contributed by atoms with van der Waals surface area (Å²) in [5.41, 5.74) is 2.16. The van der Waals surface area contributed by atoms with Crippen LogP contribution in [0.25, 0.3) is 0 Å². The van der Waals surface area contributed by atoms with E-state index in [-0.39, 0.29) is 0 Å². The van der Waals surface area contributed by atoms with Crippen LogP contribution in [0.15, 0.2) is 28.8 Å².